The molecule has 1 aromatic heterocycles. The van der Waals surface area contributed by atoms with Gasteiger partial charge in [0.1, 0.15) is 5.69 Å². The summed E-state index contributed by atoms with van der Waals surface area (Å²) in [4.78, 5) is 33.0. The lowest BCUT2D eigenvalue weighted by Crippen LogP contribution is -2.65. The molecule has 4 heterocycles. The summed E-state index contributed by atoms with van der Waals surface area (Å²) in [7, 11) is 0. The van der Waals surface area contributed by atoms with Crippen molar-refractivity contribution in [1.29, 1.82) is 0 Å². The molecule has 0 unspecified atom stereocenters. The van der Waals surface area contributed by atoms with Crippen molar-refractivity contribution in [2.75, 3.05) is 13.1 Å². The molecule has 0 aliphatic carbocycles. The van der Waals surface area contributed by atoms with Crippen LogP contribution in [0.1, 0.15) is 61.5 Å². The largest absolute Gasteiger partial charge is 0.433 e. The van der Waals surface area contributed by atoms with Gasteiger partial charge < -0.3 is 9.80 Å². The van der Waals surface area contributed by atoms with Gasteiger partial charge in [0.15, 0.2) is 0 Å². The summed E-state index contributed by atoms with van der Waals surface area (Å²) in [6, 6.07) is 2.39. The summed E-state index contributed by atoms with van der Waals surface area (Å²) >= 11 is 0. The number of nitrogens with zero attached hydrogens (tertiary/aromatic N) is 3. The average molecular weight is 409 g/mol. The summed E-state index contributed by atoms with van der Waals surface area (Å²) in [5, 5.41) is 0. The standard InChI is InChI=1S/C21H26F3N3O2/c1-2-4-16-14-9-15(17-5-3-6-19(28)27(16)17)12-26(11-14)20(29)13-7-8-18(25-10-13)21(22,23)24/h7-8,10,14-17H,2-6,9,11-12H2,1H3/t14-,15+,16-,17-/m0/s1. The Kier molecular flexibility index (Phi) is 5.29. The second kappa shape index (κ2) is 7.61. The van der Waals surface area contributed by atoms with Gasteiger partial charge in [-0.25, -0.2) is 0 Å². The molecule has 4 rings (SSSR count). The number of hydrogen-bond donors (Lipinski definition) is 0. The van der Waals surface area contributed by atoms with Crippen LogP contribution in [-0.2, 0) is 11.0 Å². The number of pyridine rings is 1. The Bertz CT molecular complexity index is 780. The van der Waals surface area contributed by atoms with Crippen molar-refractivity contribution in [3.63, 3.8) is 0 Å². The zero-order valence-electron chi connectivity index (χ0n) is 16.5. The number of hydrogen-bond acceptors (Lipinski definition) is 3. The highest BCUT2D eigenvalue weighted by Gasteiger charge is 2.49. The highest BCUT2D eigenvalue weighted by atomic mass is 19.4. The van der Waals surface area contributed by atoms with E-state index in [1.165, 1.54) is 6.07 Å². The molecule has 0 aromatic carbocycles. The fraction of sp³-hybridized carbons (Fsp3) is 0.667. The molecule has 2 bridgehead atoms. The molecule has 0 N–H and O–H groups in total. The van der Waals surface area contributed by atoms with Gasteiger partial charge in [-0.15, -0.1) is 0 Å². The predicted molar refractivity (Wildman–Crippen MR) is 99.9 cm³/mol. The van der Waals surface area contributed by atoms with Crippen molar-refractivity contribution < 1.29 is 22.8 Å². The first-order chi connectivity index (χ1) is 13.8. The second-order valence-corrected chi connectivity index (χ2v) is 8.51. The van der Waals surface area contributed by atoms with E-state index in [0.717, 1.165) is 44.4 Å². The average Bonchev–Trinajstić information content (AvgIpc) is 2.70. The third kappa shape index (κ3) is 3.73. The first-order valence-corrected chi connectivity index (χ1v) is 10.4. The van der Waals surface area contributed by atoms with Crippen LogP contribution in [0.4, 0.5) is 13.2 Å². The van der Waals surface area contributed by atoms with Crippen LogP contribution in [0.3, 0.4) is 0 Å². The summed E-state index contributed by atoms with van der Waals surface area (Å²) in [5.74, 6) is 0.420. The fourth-order valence-electron chi connectivity index (χ4n) is 5.48. The lowest BCUT2D eigenvalue weighted by atomic mass is 9.71. The molecular weight excluding hydrogens is 383 g/mol. The number of rotatable bonds is 3. The topological polar surface area (TPSA) is 53.5 Å². The van der Waals surface area contributed by atoms with E-state index in [4.69, 9.17) is 0 Å². The smallest absolute Gasteiger partial charge is 0.338 e. The van der Waals surface area contributed by atoms with Gasteiger partial charge >= 0.3 is 6.18 Å². The van der Waals surface area contributed by atoms with Crippen LogP contribution in [0.25, 0.3) is 0 Å². The normalized spacial score (nSPS) is 29.6. The van der Waals surface area contributed by atoms with E-state index >= 15 is 0 Å². The molecule has 3 aliphatic heterocycles. The molecule has 0 spiro atoms. The Balaban J connectivity index is 1.55. The molecule has 0 saturated carbocycles. The molecule has 3 fully saturated rings. The highest BCUT2D eigenvalue weighted by molar-refractivity contribution is 5.94. The first kappa shape index (κ1) is 20.2. The Hall–Kier alpha value is -2.12. The maximum Gasteiger partial charge on any atom is 0.433 e. The van der Waals surface area contributed by atoms with Crippen LogP contribution in [0.15, 0.2) is 18.3 Å². The van der Waals surface area contributed by atoms with Gasteiger partial charge in [-0.3, -0.25) is 14.6 Å². The van der Waals surface area contributed by atoms with E-state index in [1.807, 2.05) is 0 Å². The molecular formula is C21H26F3N3O2. The van der Waals surface area contributed by atoms with Crippen molar-refractivity contribution in [2.45, 2.75) is 63.7 Å². The summed E-state index contributed by atoms with van der Waals surface area (Å²) in [6.45, 7) is 3.19. The zero-order chi connectivity index (χ0) is 20.8. The Labute approximate surface area is 168 Å². The highest BCUT2D eigenvalue weighted by Crippen LogP contribution is 2.43. The Morgan fingerprint density at radius 2 is 2.00 bits per heavy atom. The van der Waals surface area contributed by atoms with Crippen LogP contribution >= 0.6 is 0 Å². The molecule has 8 heteroatoms. The van der Waals surface area contributed by atoms with Gasteiger partial charge in [-0.05, 0) is 49.7 Å². The monoisotopic (exact) mass is 409 g/mol. The fourth-order valence-corrected chi connectivity index (χ4v) is 5.48. The summed E-state index contributed by atoms with van der Waals surface area (Å²) in [6.07, 6.45) is 1.86. The molecule has 29 heavy (non-hydrogen) atoms. The van der Waals surface area contributed by atoms with E-state index in [2.05, 4.69) is 16.8 Å². The first-order valence-electron chi connectivity index (χ1n) is 10.4. The number of carbonyl (C=O) groups excluding carboxylic acids is 2. The SMILES string of the molecule is CCC[C@H]1[C@H]2C[C@H](CN(C(=O)c3ccc(C(F)(F)F)nc3)C2)[C@@H]2CCCC(=O)N21. The third-order valence-electron chi connectivity index (χ3n) is 6.67. The van der Waals surface area contributed by atoms with Gasteiger partial charge in [0.2, 0.25) is 5.91 Å². The molecule has 2 amide bonds. The minimum Gasteiger partial charge on any atom is -0.338 e. The van der Waals surface area contributed by atoms with Gasteiger partial charge in [0, 0.05) is 37.8 Å². The molecule has 158 valence electrons. The van der Waals surface area contributed by atoms with E-state index in [0.29, 0.717) is 19.5 Å². The van der Waals surface area contributed by atoms with E-state index in [9.17, 15) is 22.8 Å². The predicted octanol–water partition coefficient (Wildman–Crippen LogP) is 3.74. The Morgan fingerprint density at radius 1 is 1.24 bits per heavy atom. The van der Waals surface area contributed by atoms with Crippen LogP contribution in [0, 0.1) is 11.8 Å². The van der Waals surface area contributed by atoms with Crippen LogP contribution in [0.2, 0.25) is 0 Å². The third-order valence-corrected chi connectivity index (χ3v) is 6.67. The quantitative estimate of drug-likeness (QED) is 0.764. The van der Waals surface area contributed by atoms with Crippen LogP contribution < -0.4 is 0 Å². The molecule has 3 aliphatic rings. The molecule has 1 aromatic rings. The maximum absolute atomic E-state index is 13.0. The van der Waals surface area contributed by atoms with Crippen molar-refractivity contribution >= 4 is 11.8 Å². The number of likely N-dealkylation sites (tertiary alicyclic amines) is 1. The number of alkyl halides is 3. The number of piperidine rings is 3. The zero-order valence-corrected chi connectivity index (χ0v) is 16.5. The number of carbonyl (C=O) groups is 2. The van der Waals surface area contributed by atoms with E-state index < -0.39 is 11.9 Å². The van der Waals surface area contributed by atoms with E-state index in [1.54, 1.807) is 4.90 Å². The second-order valence-electron chi connectivity index (χ2n) is 8.51. The molecule has 0 radical (unpaired) electrons. The minimum atomic E-state index is -4.52. The van der Waals surface area contributed by atoms with Crippen molar-refractivity contribution in [3.8, 4) is 0 Å². The molecule has 3 saturated heterocycles. The minimum absolute atomic E-state index is 0.149. The number of aromatic nitrogens is 1. The van der Waals surface area contributed by atoms with Crippen LogP contribution in [-0.4, -0.2) is 51.8 Å². The van der Waals surface area contributed by atoms with E-state index in [-0.39, 0.29) is 41.3 Å². The van der Waals surface area contributed by atoms with Crippen LogP contribution in [0.5, 0.6) is 0 Å². The summed E-state index contributed by atoms with van der Waals surface area (Å²) in [5.41, 5.74) is -0.814. The van der Waals surface area contributed by atoms with Crippen molar-refractivity contribution in [1.82, 2.24) is 14.8 Å². The maximum atomic E-state index is 13.0. The van der Waals surface area contributed by atoms with Gasteiger partial charge in [0.05, 0.1) is 5.56 Å². The lowest BCUT2D eigenvalue weighted by molar-refractivity contribution is -0.152. The van der Waals surface area contributed by atoms with Gasteiger partial charge in [-0.1, -0.05) is 13.3 Å². The number of halogens is 3. The Morgan fingerprint density at radius 3 is 2.66 bits per heavy atom. The van der Waals surface area contributed by atoms with Crippen molar-refractivity contribution in [3.05, 3.63) is 29.6 Å². The number of amides is 2. The molecule has 4 atom stereocenters. The lowest BCUT2D eigenvalue weighted by Gasteiger charge is -2.56. The number of fused-ring (bicyclic) bond motifs is 4. The summed E-state index contributed by atoms with van der Waals surface area (Å²) < 4.78 is 38.2. The molecule has 5 nitrogen and oxygen atoms in total. The van der Waals surface area contributed by atoms with Crippen molar-refractivity contribution in [2.24, 2.45) is 11.8 Å². The van der Waals surface area contributed by atoms with Gasteiger partial charge in [0.25, 0.3) is 5.91 Å². The van der Waals surface area contributed by atoms with Gasteiger partial charge in [-0.2, -0.15) is 13.2 Å².